The molecule has 0 radical (unpaired) electrons. The van der Waals surface area contributed by atoms with Crippen LogP contribution in [0, 0.1) is 18.6 Å². The van der Waals surface area contributed by atoms with Crippen molar-refractivity contribution in [3.05, 3.63) is 62.4 Å². The number of nitrogens with zero attached hydrogens (tertiary/aromatic N) is 6. The SMILES string of the molecule is CCn1cc(-c2n[nH]c(=S)n2-c2c(C)nn(Cc3c(Cl)cccc3Cl)c2C)cn1. The molecule has 7 nitrogen and oxygen atoms in total. The molecule has 0 aliphatic heterocycles. The van der Waals surface area contributed by atoms with Gasteiger partial charge in [0, 0.05) is 28.4 Å². The van der Waals surface area contributed by atoms with Crippen molar-refractivity contribution in [1.82, 2.24) is 34.3 Å². The zero-order valence-electron chi connectivity index (χ0n) is 16.1. The van der Waals surface area contributed by atoms with Gasteiger partial charge in [-0.25, -0.2) is 0 Å². The van der Waals surface area contributed by atoms with E-state index in [0.29, 0.717) is 27.2 Å². The van der Waals surface area contributed by atoms with E-state index in [2.05, 4.69) is 15.3 Å². The third-order valence-corrected chi connectivity index (χ3v) is 5.81. The van der Waals surface area contributed by atoms with Gasteiger partial charge in [-0.3, -0.25) is 19.0 Å². The molecule has 0 unspecified atom stereocenters. The smallest absolute Gasteiger partial charge is 0.200 e. The van der Waals surface area contributed by atoms with E-state index < -0.39 is 0 Å². The lowest BCUT2D eigenvalue weighted by Gasteiger charge is -2.10. The summed E-state index contributed by atoms with van der Waals surface area (Å²) in [6.45, 7) is 7.21. The summed E-state index contributed by atoms with van der Waals surface area (Å²) in [5.74, 6) is 0.691. The first-order valence-electron chi connectivity index (χ1n) is 9.08. The second-order valence-corrected chi connectivity index (χ2v) is 7.85. The first-order chi connectivity index (χ1) is 13.9. The first kappa shape index (κ1) is 19.9. The minimum absolute atomic E-state index is 0.458. The molecular weight excluding hydrogens is 429 g/mol. The highest BCUT2D eigenvalue weighted by atomic mass is 35.5. The van der Waals surface area contributed by atoms with E-state index in [1.165, 1.54) is 0 Å². The Morgan fingerprint density at radius 2 is 1.90 bits per heavy atom. The standard InChI is InChI=1S/C19H19Cl2N7S/c1-4-26-9-13(8-22-26)18-23-24-19(29)28(18)17-11(2)25-27(12(17)3)10-14-15(20)6-5-7-16(14)21/h5-9H,4,10H2,1-3H3,(H,24,29). The second-order valence-electron chi connectivity index (χ2n) is 6.65. The number of benzene rings is 1. The molecule has 0 aliphatic rings. The predicted molar refractivity (Wildman–Crippen MR) is 116 cm³/mol. The Morgan fingerprint density at radius 1 is 1.17 bits per heavy atom. The van der Waals surface area contributed by atoms with E-state index in [-0.39, 0.29) is 0 Å². The third-order valence-electron chi connectivity index (χ3n) is 4.82. The fraction of sp³-hybridized carbons (Fsp3) is 0.263. The van der Waals surface area contributed by atoms with Crippen molar-refractivity contribution in [3.8, 4) is 17.1 Å². The van der Waals surface area contributed by atoms with Crippen LogP contribution >= 0.6 is 35.4 Å². The van der Waals surface area contributed by atoms with Crippen molar-refractivity contribution in [1.29, 1.82) is 0 Å². The minimum atomic E-state index is 0.458. The highest BCUT2D eigenvalue weighted by Gasteiger charge is 2.21. The van der Waals surface area contributed by atoms with Gasteiger partial charge in [0.15, 0.2) is 10.6 Å². The molecule has 3 aromatic heterocycles. The number of nitrogens with one attached hydrogen (secondary N) is 1. The highest BCUT2D eigenvalue weighted by Crippen LogP contribution is 2.29. The van der Waals surface area contributed by atoms with Gasteiger partial charge < -0.3 is 0 Å². The number of aryl methyl sites for hydroxylation is 2. The topological polar surface area (TPSA) is 69.2 Å². The van der Waals surface area contributed by atoms with Crippen LogP contribution in [0.25, 0.3) is 17.1 Å². The number of rotatable bonds is 5. The normalized spacial score (nSPS) is 11.3. The third kappa shape index (κ3) is 3.52. The van der Waals surface area contributed by atoms with Crippen LogP contribution in [0.5, 0.6) is 0 Å². The van der Waals surface area contributed by atoms with Gasteiger partial charge in [-0.2, -0.15) is 15.3 Å². The summed E-state index contributed by atoms with van der Waals surface area (Å²) in [5, 5.41) is 17.6. The van der Waals surface area contributed by atoms with Gasteiger partial charge in [-0.1, -0.05) is 29.3 Å². The van der Waals surface area contributed by atoms with Gasteiger partial charge in [0.1, 0.15) is 0 Å². The molecular formula is C19H19Cl2N7S. The van der Waals surface area contributed by atoms with Crippen LogP contribution in [0.4, 0.5) is 0 Å². The zero-order chi connectivity index (χ0) is 20.7. The number of aromatic amines is 1. The largest absolute Gasteiger partial charge is 0.272 e. The molecule has 4 rings (SSSR count). The Labute approximate surface area is 182 Å². The molecule has 1 aromatic carbocycles. The van der Waals surface area contributed by atoms with Crippen LogP contribution in [-0.2, 0) is 13.1 Å². The molecule has 0 bridgehead atoms. The summed E-state index contributed by atoms with van der Waals surface area (Å²) < 4.78 is 6.12. The number of aromatic nitrogens is 7. The summed E-state index contributed by atoms with van der Waals surface area (Å²) in [7, 11) is 0. The van der Waals surface area contributed by atoms with E-state index in [4.69, 9.17) is 40.5 Å². The Bertz CT molecular complexity index is 1230. The maximum Gasteiger partial charge on any atom is 0.200 e. The van der Waals surface area contributed by atoms with E-state index in [0.717, 1.165) is 34.7 Å². The molecule has 3 heterocycles. The van der Waals surface area contributed by atoms with E-state index in [1.807, 2.05) is 59.1 Å². The van der Waals surface area contributed by atoms with Gasteiger partial charge in [-0.15, -0.1) is 0 Å². The highest BCUT2D eigenvalue weighted by molar-refractivity contribution is 7.71. The van der Waals surface area contributed by atoms with Gasteiger partial charge in [-0.05, 0) is 45.1 Å². The summed E-state index contributed by atoms with van der Waals surface area (Å²) in [6.07, 6.45) is 3.73. The Balaban J connectivity index is 1.82. The van der Waals surface area contributed by atoms with Gasteiger partial charge in [0.2, 0.25) is 0 Å². The molecule has 0 fully saturated rings. The molecule has 0 atom stereocenters. The molecule has 0 aliphatic carbocycles. The van der Waals surface area contributed by atoms with Crippen LogP contribution in [0.2, 0.25) is 10.0 Å². The average molecular weight is 448 g/mol. The van der Waals surface area contributed by atoms with Crippen molar-refractivity contribution in [2.45, 2.75) is 33.9 Å². The number of H-pyrrole nitrogens is 1. The molecule has 10 heteroatoms. The van der Waals surface area contributed by atoms with Gasteiger partial charge >= 0.3 is 0 Å². The Morgan fingerprint density at radius 3 is 2.55 bits per heavy atom. The Kier molecular flexibility index (Phi) is 5.33. The first-order valence-corrected chi connectivity index (χ1v) is 10.2. The van der Waals surface area contributed by atoms with Crippen LogP contribution in [0.15, 0.2) is 30.6 Å². The second kappa shape index (κ2) is 7.78. The van der Waals surface area contributed by atoms with Crippen molar-refractivity contribution < 1.29 is 0 Å². The number of hydrogen-bond acceptors (Lipinski definition) is 4. The lowest BCUT2D eigenvalue weighted by molar-refractivity contribution is 0.658. The van der Waals surface area contributed by atoms with Crippen molar-refractivity contribution in [2.75, 3.05) is 0 Å². The minimum Gasteiger partial charge on any atom is -0.272 e. The fourth-order valence-corrected chi connectivity index (χ4v) is 4.09. The van der Waals surface area contributed by atoms with Crippen LogP contribution in [-0.4, -0.2) is 34.3 Å². The number of hydrogen-bond donors (Lipinski definition) is 1. The van der Waals surface area contributed by atoms with E-state index >= 15 is 0 Å². The summed E-state index contributed by atoms with van der Waals surface area (Å²) in [4.78, 5) is 0. The van der Waals surface area contributed by atoms with Crippen LogP contribution in [0.1, 0.15) is 23.9 Å². The quantitative estimate of drug-likeness (QED) is 0.437. The fourth-order valence-electron chi connectivity index (χ4n) is 3.35. The Hall–Kier alpha value is -2.42. The van der Waals surface area contributed by atoms with Gasteiger partial charge in [0.25, 0.3) is 0 Å². The summed E-state index contributed by atoms with van der Waals surface area (Å²) in [6, 6.07) is 5.48. The molecule has 0 amide bonds. The molecule has 0 saturated heterocycles. The molecule has 0 spiro atoms. The maximum atomic E-state index is 6.35. The van der Waals surface area contributed by atoms with E-state index in [1.54, 1.807) is 6.20 Å². The maximum absolute atomic E-state index is 6.35. The van der Waals surface area contributed by atoms with Crippen LogP contribution in [0.3, 0.4) is 0 Å². The number of halogens is 2. The molecule has 4 aromatic rings. The molecule has 1 N–H and O–H groups in total. The molecule has 150 valence electrons. The molecule has 0 saturated carbocycles. The zero-order valence-corrected chi connectivity index (χ0v) is 18.5. The van der Waals surface area contributed by atoms with Crippen molar-refractivity contribution >= 4 is 35.4 Å². The predicted octanol–water partition coefficient (Wildman–Crippen LogP) is 4.98. The van der Waals surface area contributed by atoms with Crippen LogP contribution < -0.4 is 0 Å². The average Bonchev–Trinajstić information content (AvgIpc) is 3.37. The van der Waals surface area contributed by atoms with Gasteiger partial charge in [0.05, 0.1) is 35.4 Å². The summed E-state index contributed by atoms with van der Waals surface area (Å²) in [5.41, 5.74) is 4.34. The van der Waals surface area contributed by atoms with Crippen molar-refractivity contribution in [3.63, 3.8) is 0 Å². The monoisotopic (exact) mass is 447 g/mol. The summed E-state index contributed by atoms with van der Waals surface area (Å²) >= 11 is 18.2. The lowest BCUT2D eigenvalue weighted by Crippen LogP contribution is -2.06. The lowest BCUT2D eigenvalue weighted by atomic mass is 10.2. The van der Waals surface area contributed by atoms with Crippen molar-refractivity contribution in [2.24, 2.45) is 0 Å². The molecule has 29 heavy (non-hydrogen) atoms. The van der Waals surface area contributed by atoms with E-state index in [9.17, 15) is 0 Å².